The van der Waals surface area contributed by atoms with Crippen molar-refractivity contribution in [2.75, 3.05) is 18.4 Å². The van der Waals surface area contributed by atoms with Crippen LogP contribution in [0.15, 0.2) is 54.7 Å². The molecule has 0 aliphatic carbocycles. The molecule has 3 aromatic rings. The highest BCUT2D eigenvalue weighted by Gasteiger charge is 2.22. The van der Waals surface area contributed by atoms with E-state index in [1.54, 1.807) is 6.07 Å². The smallest absolute Gasteiger partial charge is 0.412 e. The lowest BCUT2D eigenvalue weighted by atomic mass is 9.88. The summed E-state index contributed by atoms with van der Waals surface area (Å²) >= 11 is 0. The van der Waals surface area contributed by atoms with Crippen molar-refractivity contribution in [1.29, 1.82) is 0 Å². The van der Waals surface area contributed by atoms with Crippen molar-refractivity contribution in [3.8, 4) is 0 Å². The van der Waals surface area contributed by atoms with Crippen LogP contribution in [0.2, 0.25) is 0 Å². The Labute approximate surface area is 219 Å². The normalized spacial score (nSPS) is 14.9. The Morgan fingerprint density at radius 1 is 1.03 bits per heavy atom. The zero-order chi connectivity index (χ0) is 26.6. The van der Waals surface area contributed by atoms with Crippen LogP contribution < -0.4 is 5.32 Å². The predicted octanol–water partition coefficient (Wildman–Crippen LogP) is 5.88. The summed E-state index contributed by atoms with van der Waals surface area (Å²) in [5.74, 6) is 0.529. The Balaban J connectivity index is 1.33. The maximum atomic E-state index is 13.1. The Kier molecular flexibility index (Phi) is 8.13. The molecule has 1 N–H and O–H groups in total. The number of anilines is 1. The van der Waals surface area contributed by atoms with Crippen LogP contribution in [0, 0.1) is 6.92 Å². The summed E-state index contributed by atoms with van der Waals surface area (Å²) in [6.45, 7) is 10.6. The first-order chi connectivity index (χ1) is 17.6. The molecule has 1 amide bonds. The average Bonchev–Trinajstić information content (AvgIpc) is 3.17. The molecule has 1 fully saturated rings. The number of hydrogen-bond acceptors (Lipinski definition) is 5. The van der Waals surface area contributed by atoms with Gasteiger partial charge in [-0.3, -0.25) is 19.7 Å². The molecule has 1 aliphatic heterocycles. The summed E-state index contributed by atoms with van der Waals surface area (Å²) in [5.41, 5.74) is 5.26. The van der Waals surface area contributed by atoms with Gasteiger partial charge in [-0.25, -0.2) is 4.79 Å². The van der Waals surface area contributed by atoms with Gasteiger partial charge in [0, 0.05) is 42.5 Å². The van der Waals surface area contributed by atoms with Gasteiger partial charge in [0.15, 0.2) is 5.78 Å². The van der Waals surface area contributed by atoms with Gasteiger partial charge in [-0.1, -0.05) is 42.5 Å². The molecule has 0 radical (unpaired) electrons. The first-order valence-electron chi connectivity index (χ1n) is 13.0. The van der Waals surface area contributed by atoms with Crippen LogP contribution in [-0.4, -0.2) is 45.2 Å². The Bertz CT molecular complexity index is 1230. The lowest BCUT2D eigenvalue weighted by molar-refractivity contribution is 0.0635. The van der Waals surface area contributed by atoms with Crippen molar-refractivity contribution in [2.45, 2.75) is 65.0 Å². The van der Waals surface area contributed by atoms with E-state index < -0.39 is 11.7 Å². The third-order valence-corrected chi connectivity index (χ3v) is 7.03. The van der Waals surface area contributed by atoms with E-state index in [0.29, 0.717) is 17.2 Å². The first-order valence-corrected chi connectivity index (χ1v) is 13.0. The van der Waals surface area contributed by atoms with Gasteiger partial charge in [0.25, 0.3) is 0 Å². The number of benzene rings is 2. The number of ketones is 1. The predicted molar refractivity (Wildman–Crippen MR) is 146 cm³/mol. The zero-order valence-electron chi connectivity index (χ0n) is 22.6. The highest BCUT2D eigenvalue weighted by Crippen LogP contribution is 2.29. The SMILES string of the molecule is Cc1c(CN2CCC(c3ccc(C(=O)Cc4ccccc4NC(=O)OC(C)(C)C)cc3)CC2)cnn1C. The number of nitrogens with zero attached hydrogens (tertiary/aromatic N) is 3. The molecular weight excluding hydrogens is 464 g/mol. The van der Waals surface area contributed by atoms with Crippen LogP contribution in [0.4, 0.5) is 10.5 Å². The van der Waals surface area contributed by atoms with Crippen molar-refractivity contribution in [3.05, 3.63) is 82.7 Å². The van der Waals surface area contributed by atoms with E-state index in [1.165, 1.54) is 16.8 Å². The molecule has 7 heteroatoms. The molecule has 0 spiro atoms. The van der Waals surface area contributed by atoms with Gasteiger partial charge in [-0.15, -0.1) is 0 Å². The largest absolute Gasteiger partial charge is 0.444 e. The van der Waals surface area contributed by atoms with Crippen LogP contribution in [0.25, 0.3) is 0 Å². The molecule has 37 heavy (non-hydrogen) atoms. The number of carbonyl (C=O) groups is 2. The molecule has 196 valence electrons. The second-order valence-electron chi connectivity index (χ2n) is 10.9. The Hall–Kier alpha value is -3.45. The van der Waals surface area contributed by atoms with Crippen molar-refractivity contribution in [3.63, 3.8) is 0 Å². The van der Waals surface area contributed by atoms with E-state index in [0.717, 1.165) is 38.0 Å². The van der Waals surface area contributed by atoms with Crippen molar-refractivity contribution in [2.24, 2.45) is 7.05 Å². The lowest BCUT2D eigenvalue weighted by Crippen LogP contribution is -2.32. The number of nitrogens with one attached hydrogen (secondary N) is 1. The number of hydrogen-bond donors (Lipinski definition) is 1. The van der Waals surface area contributed by atoms with E-state index in [9.17, 15) is 9.59 Å². The molecule has 1 aliphatic rings. The molecule has 7 nitrogen and oxygen atoms in total. The number of aryl methyl sites for hydroxylation is 1. The molecular formula is C30H38N4O3. The quantitative estimate of drug-likeness (QED) is 0.408. The van der Waals surface area contributed by atoms with Crippen LogP contribution in [0.3, 0.4) is 0 Å². The summed E-state index contributed by atoms with van der Waals surface area (Å²) < 4.78 is 7.29. The molecule has 4 rings (SSSR count). The fourth-order valence-electron chi connectivity index (χ4n) is 4.79. The second kappa shape index (κ2) is 11.3. The van der Waals surface area contributed by atoms with E-state index in [-0.39, 0.29) is 12.2 Å². The number of piperidine rings is 1. The maximum Gasteiger partial charge on any atom is 0.412 e. The van der Waals surface area contributed by atoms with Crippen LogP contribution in [0.5, 0.6) is 0 Å². The van der Waals surface area contributed by atoms with E-state index in [4.69, 9.17) is 4.74 Å². The lowest BCUT2D eigenvalue weighted by Gasteiger charge is -2.32. The highest BCUT2D eigenvalue weighted by atomic mass is 16.6. The molecule has 0 atom stereocenters. The van der Waals surface area contributed by atoms with Crippen LogP contribution in [0.1, 0.15) is 72.3 Å². The summed E-state index contributed by atoms with van der Waals surface area (Å²) in [7, 11) is 1.99. The number of rotatable bonds is 7. The Morgan fingerprint density at radius 3 is 2.32 bits per heavy atom. The van der Waals surface area contributed by atoms with E-state index >= 15 is 0 Å². The first kappa shape index (κ1) is 26.6. The van der Waals surface area contributed by atoms with E-state index in [2.05, 4.69) is 34.4 Å². The Morgan fingerprint density at radius 2 is 1.70 bits per heavy atom. The second-order valence-corrected chi connectivity index (χ2v) is 10.9. The van der Waals surface area contributed by atoms with Crippen molar-refractivity contribution in [1.82, 2.24) is 14.7 Å². The minimum Gasteiger partial charge on any atom is -0.444 e. The molecule has 0 saturated carbocycles. The number of carbonyl (C=O) groups excluding carboxylic acids is 2. The van der Waals surface area contributed by atoms with Gasteiger partial charge in [0.2, 0.25) is 0 Å². The number of ether oxygens (including phenoxy) is 1. The maximum absolute atomic E-state index is 13.1. The third-order valence-electron chi connectivity index (χ3n) is 7.03. The van der Waals surface area contributed by atoms with Crippen LogP contribution >= 0.6 is 0 Å². The topological polar surface area (TPSA) is 76.5 Å². The molecule has 0 bridgehead atoms. The number of aromatic nitrogens is 2. The minimum atomic E-state index is -0.592. The van der Waals surface area contributed by atoms with Gasteiger partial charge in [0.05, 0.1) is 6.20 Å². The monoisotopic (exact) mass is 502 g/mol. The zero-order valence-corrected chi connectivity index (χ0v) is 22.6. The number of likely N-dealkylation sites (tertiary alicyclic amines) is 1. The standard InChI is InChI=1S/C30H38N4O3/c1-21-26(19-31-33(21)5)20-34-16-14-23(15-17-34)22-10-12-24(13-11-22)28(35)18-25-8-6-7-9-27(25)32-29(36)37-30(2,3)4/h6-13,19,23H,14-18,20H2,1-5H3,(H,32,36). The molecule has 1 saturated heterocycles. The number of Topliss-reactive ketones (excluding diaryl/α,β-unsaturated/α-hetero) is 1. The average molecular weight is 503 g/mol. The molecule has 0 unspecified atom stereocenters. The molecule has 2 aromatic carbocycles. The molecule has 1 aromatic heterocycles. The fourth-order valence-corrected chi connectivity index (χ4v) is 4.79. The van der Waals surface area contributed by atoms with Gasteiger partial charge in [-0.2, -0.15) is 5.10 Å². The molecule has 2 heterocycles. The summed E-state index contributed by atoms with van der Waals surface area (Å²) in [4.78, 5) is 27.8. The van der Waals surface area contributed by atoms with Gasteiger partial charge >= 0.3 is 6.09 Å². The highest BCUT2D eigenvalue weighted by molar-refractivity contribution is 5.99. The van der Waals surface area contributed by atoms with Gasteiger partial charge in [-0.05, 0) is 76.7 Å². The van der Waals surface area contributed by atoms with Crippen molar-refractivity contribution >= 4 is 17.6 Å². The summed E-state index contributed by atoms with van der Waals surface area (Å²) in [6.07, 6.45) is 3.87. The minimum absolute atomic E-state index is 0.0200. The van der Waals surface area contributed by atoms with E-state index in [1.807, 2.05) is 69.0 Å². The number of para-hydroxylation sites is 1. The van der Waals surface area contributed by atoms with Gasteiger partial charge in [0.1, 0.15) is 5.60 Å². The van der Waals surface area contributed by atoms with Crippen molar-refractivity contribution < 1.29 is 14.3 Å². The fraction of sp³-hybridized carbons (Fsp3) is 0.433. The summed E-state index contributed by atoms with van der Waals surface area (Å²) in [6, 6.07) is 15.4. The number of amides is 1. The summed E-state index contributed by atoms with van der Waals surface area (Å²) in [5, 5.41) is 7.14. The van der Waals surface area contributed by atoms with Gasteiger partial charge < -0.3 is 4.74 Å². The van der Waals surface area contributed by atoms with Crippen LogP contribution in [-0.2, 0) is 24.8 Å². The third kappa shape index (κ3) is 7.07.